The Morgan fingerprint density at radius 2 is 2.08 bits per heavy atom. The Balaban J connectivity index is 1.73. The van der Waals surface area contributed by atoms with E-state index in [1.165, 1.54) is 19.3 Å². The quantitative estimate of drug-likeness (QED) is 0.901. The highest BCUT2D eigenvalue weighted by Crippen LogP contribution is 2.46. The number of carbonyl (C=O) groups is 1. The second-order valence-electron chi connectivity index (χ2n) is 7.54. The van der Waals surface area contributed by atoms with Gasteiger partial charge >= 0.3 is 0 Å². The smallest absolute Gasteiger partial charge is 0.252 e. The predicted molar refractivity (Wildman–Crippen MR) is 95.9 cm³/mol. The molecule has 2 bridgehead atoms. The average molecular weight is 340 g/mol. The third-order valence-electron chi connectivity index (χ3n) is 5.38. The maximum Gasteiger partial charge on any atom is 0.252 e. The van der Waals surface area contributed by atoms with Crippen LogP contribution in [0.15, 0.2) is 24.4 Å². The Labute approximate surface area is 147 Å². The third kappa shape index (κ3) is 3.03. The molecule has 2 N–H and O–H groups in total. The molecule has 2 saturated carbocycles. The average Bonchev–Trinajstić information content (AvgIpc) is 3.17. The second kappa shape index (κ2) is 6.21. The zero-order valence-corrected chi connectivity index (χ0v) is 14.7. The molecule has 5 nitrogen and oxygen atoms in total. The number of hydrogen-bond donors (Lipinski definition) is 1. The molecule has 25 heavy (non-hydrogen) atoms. The number of primary amides is 1. The number of benzene rings is 1. The van der Waals surface area contributed by atoms with Crippen LogP contribution in [0.4, 0.5) is 0 Å². The van der Waals surface area contributed by atoms with Crippen molar-refractivity contribution in [1.29, 1.82) is 0 Å². The number of nitrogens with zero attached hydrogens (tertiary/aromatic N) is 1. The van der Waals surface area contributed by atoms with Gasteiger partial charge in [-0.3, -0.25) is 9.78 Å². The molecule has 2 fully saturated rings. The van der Waals surface area contributed by atoms with Crippen molar-refractivity contribution in [2.45, 2.75) is 51.7 Å². The molecule has 2 aliphatic rings. The highest BCUT2D eigenvalue weighted by Gasteiger charge is 2.41. The van der Waals surface area contributed by atoms with E-state index >= 15 is 0 Å². The van der Waals surface area contributed by atoms with Crippen molar-refractivity contribution < 1.29 is 14.3 Å². The fraction of sp³-hybridized carbons (Fsp3) is 0.500. The fourth-order valence-electron chi connectivity index (χ4n) is 4.29. The molecule has 1 amide bonds. The van der Waals surface area contributed by atoms with Crippen molar-refractivity contribution in [2.75, 3.05) is 0 Å². The summed E-state index contributed by atoms with van der Waals surface area (Å²) in [6.45, 7) is 3.84. The molecule has 2 aliphatic carbocycles. The summed E-state index contributed by atoms with van der Waals surface area (Å²) in [6, 6.07) is 5.44. The summed E-state index contributed by atoms with van der Waals surface area (Å²) in [4.78, 5) is 16.2. The number of carbonyl (C=O) groups excluding carboxylic acids is 1. The lowest BCUT2D eigenvalue weighted by Crippen LogP contribution is -2.23. The van der Waals surface area contributed by atoms with E-state index in [1.54, 1.807) is 12.3 Å². The van der Waals surface area contributed by atoms with Crippen LogP contribution in [0.25, 0.3) is 10.9 Å². The van der Waals surface area contributed by atoms with E-state index in [0.29, 0.717) is 22.7 Å². The molecule has 0 saturated heterocycles. The van der Waals surface area contributed by atoms with Gasteiger partial charge in [-0.05, 0) is 69.6 Å². The number of hydrogen-bond acceptors (Lipinski definition) is 4. The predicted octanol–water partition coefficient (Wildman–Crippen LogP) is 3.69. The molecule has 2 aromatic rings. The lowest BCUT2D eigenvalue weighted by Gasteiger charge is -2.24. The molecule has 0 radical (unpaired) electrons. The Hall–Kier alpha value is -2.30. The van der Waals surface area contributed by atoms with Crippen LogP contribution in [0.2, 0.25) is 0 Å². The summed E-state index contributed by atoms with van der Waals surface area (Å²) in [5, 5.41) is 0.867. The monoisotopic (exact) mass is 340 g/mol. The topological polar surface area (TPSA) is 74.4 Å². The minimum Gasteiger partial charge on any atom is -0.490 e. The van der Waals surface area contributed by atoms with Crippen LogP contribution in [-0.2, 0) is 0 Å². The Morgan fingerprint density at radius 1 is 1.24 bits per heavy atom. The summed E-state index contributed by atoms with van der Waals surface area (Å²) in [7, 11) is 0. The van der Waals surface area contributed by atoms with Gasteiger partial charge in [0.1, 0.15) is 17.6 Å². The molecule has 0 aliphatic heterocycles. The van der Waals surface area contributed by atoms with Crippen molar-refractivity contribution in [3.63, 3.8) is 0 Å². The highest BCUT2D eigenvalue weighted by atomic mass is 16.5. The van der Waals surface area contributed by atoms with Gasteiger partial charge in [-0.1, -0.05) is 0 Å². The molecule has 1 aromatic heterocycles. The van der Waals surface area contributed by atoms with Gasteiger partial charge in [-0.2, -0.15) is 0 Å². The number of pyridine rings is 1. The number of ether oxygens (including phenoxy) is 2. The molecule has 0 spiro atoms. The van der Waals surface area contributed by atoms with Crippen LogP contribution < -0.4 is 15.2 Å². The van der Waals surface area contributed by atoms with Crippen molar-refractivity contribution in [3.8, 4) is 11.5 Å². The van der Waals surface area contributed by atoms with E-state index in [9.17, 15) is 4.79 Å². The molecule has 4 rings (SSSR count). The van der Waals surface area contributed by atoms with Gasteiger partial charge in [0.25, 0.3) is 5.91 Å². The third-order valence-corrected chi connectivity index (χ3v) is 5.38. The van der Waals surface area contributed by atoms with Crippen LogP contribution in [0.3, 0.4) is 0 Å². The highest BCUT2D eigenvalue weighted by molar-refractivity contribution is 6.01. The first kappa shape index (κ1) is 16.2. The van der Waals surface area contributed by atoms with Crippen molar-refractivity contribution in [3.05, 3.63) is 30.0 Å². The zero-order valence-electron chi connectivity index (χ0n) is 14.7. The molecule has 1 aromatic carbocycles. The van der Waals surface area contributed by atoms with Crippen LogP contribution in [0, 0.1) is 11.8 Å². The van der Waals surface area contributed by atoms with E-state index < -0.39 is 5.91 Å². The van der Waals surface area contributed by atoms with Crippen LogP contribution >= 0.6 is 0 Å². The maximum absolute atomic E-state index is 11.8. The zero-order chi connectivity index (χ0) is 17.6. The SMILES string of the molecule is CC(C)Oc1cc2c(O[C@H]3C[C@H]4CC[C@H]3C4)ccnc2cc1C(N)=O. The Morgan fingerprint density at radius 3 is 2.72 bits per heavy atom. The van der Waals surface area contributed by atoms with Gasteiger partial charge in [0.15, 0.2) is 0 Å². The molecular weight excluding hydrogens is 316 g/mol. The number of fused-ring (bicyclic) bond motifs is 3. The van der Waals surface area contributed by atoms with Crippen molar-refractivity contribution >= 4 is 16.8 Å². The summed E-state index contributed by atoms with van der Waals surface area (Å²) < 4.78 is 12.2. The number of amides is 1. The standard InChI is InChI=1S/C20H24N2O3/c1-11(2)24-19-10-14-16(9-15(19)20(21)23)22-6-5-17(14)25-18-8-12-3-4-13(18)7-12/h5-6,9-13,18H,3-4,7-8H2,1-2H3,(H2,21,23)/t12-,13-,18-/m0/s1. The number of aromatic nitrogens is 1. The second-order valence-corrected chi connectivity index (χ2v) is 7.54. The molecule has 1 heterocycles. The Kier molecular flexibility index (Phi) is 4.02. The largest absolute Gasteiger partial charge is 0.490 e. The summed E-state index contributed by atoms with van der Waals surface area (Å²) >= 11 is 0. The van der Waals surface area contributed by atoms with Crippen LogP contribution in [0.1, 0.15) is 49.9 Å². The first-order chi connectivity index (χ1) is 12.0. The van der Waals surface area contributed by atoms with Gasteiger partial charge in [0, 0.05) is 11.6 Å². The number of rotatable bonds is 5. The van der Waals surface area contributed by atoms with Crippen molar-refractivity contribution in [1.82, 2.24) is 4.98 Å². The summed E-state index contributed by atoms with van der Waals surface area (Å²) in [5.74, 6) is 2.28. The molecule has 132 valence electrons. The maximum atomic E-state index is 11.8. The Bertz CT molecular complexity index is 818. The van der Waals surface area contributed by atoms with E-state index in [2.05, 4.69) is 4.98 Å². The first-order valence-electron chi connectivity index (χ1n) is 9.07. The van der Waals surface area contributed by atoms with E-state index in [4.69, 9.17) is 15.2 Å². The molecular formula is C20H24N2O3. The minimum absolute atomic E-state index is 0.0536. The van der Waals surface area contributed by atoms with Crippen molar-refractivity contribution in [2.24, 2.45) is 17.6 Å². The lowest BCUT2D eigenvalue weighted by atomic mass is 9.97. The van der Waals surface area contributed by atoms with Gasteiger partial charge < -0.3 is 15.2 Å². The lowest BCUT2D eigenvalue weighted by molar-refractivity contribution is 0.0994. The fourth-order valence-corrected chi connectivity index (χ4v) is 4.29. The first-order valence-corrected chi connectivity index (χ1v) is 9.07. The minimum atomic E-state index is -0.515. The van der Waals surface area contributed by atoms with Crippen LogP contribution in [-0.4, -0.2) is 23.1 Å². The van der Waals surface area contributed by atoms with Gasteiger partial charge in [0.05, 0.1) is 17.2 Å². The van der Waals surface area contributed by atoms with Crippen LogP contribution in [0.5, 0.6) is 11.5 Å². The molecule has 3 atom stereocenters. The normalized spacial score (nSPS) is 24.8. The van der Waals surface area contributed by atoms with E-state index in [-0.39, 0.29) is 12.2 Å². The molecule has 5 heteroatoms. The number of nitrogens with two attached hydrogens (primary N) is 1. The molecule has 0 unspecified atom stereocenters. The van der Waals surface area contributed by atoms with Gasteiger partial charge in [0.2, 0.25) is 0 Å². The van der Waals surface area contributed by atoms with Gasteiger partial charge in [-0.15, -0.1) is 0 Å². The summed E-state index contributed by atoms with van der Waals surface area (Å²) in [6.07, 6.45) is 7.00. The van der Waals surface area contributed by atoms with Gasteiger partial charge in [-0.25, -0.2) is 0 Å². The van der Waals surface area contributed by atoms with E-state index in [1.807, 2.05) is 26.0 Å². The van der Waals surface area contributed by atoms with E-state index in [0.717, 1.165) is 23.5 Å². The summed E-state index contributed by atoms with van der Waals surface area (Å²) in [5.41, 5.74) is 6.57.